The molecule has 1 saturated heterocycles. The van der Waals surface area contributed by atoms with Crippen LogP contribution in [-0.2, 0) is 6.54 Å². The molecule has 0 aromatic carbocycles. The number of nitrogens with zero attached hydrogens (tertiary/aromatic N) is 1. The zero-order chi connectivity index (χ0) is 10.7. The first kappa shape index (κ1) is 10.2. The van der Waals surface area contributed by atoms with E-state index in [1.807, 2.05) is 29.8 Å². The van der Waals surface area contributed by atoms with E-state index in [9.17, 15) is 4.79 Å². The van der Waals surface area contributed by atoms with Crippen LogP contribution in [0.1, 0.15) is 23.8 Å². The zero-order valence-electron chi connectivity index (χ0n) is 8.99. The Morgan fingerprint density at radius 1 is 1.73 bits per heavy atom. The van der Waals surface area contributed by atoms with E-state index in [0.717, 1.165) is 31.7 Å². The molecule has 2 rings (SSSR count). The fraction of sp³-hybridized carbons (Fsp3) is 0.545. The number of amides is 1. The molecule has 4 heteroatoms. The maximum atomic E-state index is 11.9. The number of rotatable bonds is 3. The summed E-state index contributed by atoms with van der Waals surface area (Å²) >= 11 is 0. The summed E-state index contributed by atoms with van der Waals surface area (Å²) in [6.07, 6.45) is 2.96. The molecule has 4 nitrogen and oxygen atoms in total. The van der Waals surface area contributed by atoms with Crippen molar-refractivity contribution in [2.45, 2.75) is 25.9 Å². The predicted octanol–water partition coefficient (Wildman–Crippen LogP) is 0.600. The lowest BCUT2D eigenvalue weighted by Gasteiger charge is -2.12. The Hall–Kier alpha value is -1.29. The minimum atomic E-state index is 0.0375. The molecule has 1 fully saturated rings. The van der Waals surface area contributed by atoms with Gasteiger partial charge in [0.25, 0.3) is 5.91 Å². The Morgan fingerprint density at radius 3 is 3.27 bits per heavy atom. The van der Waals surface area contributed by atoms with Crippen molar-refractivity contribution in [2.24, 2.45) is 0 Å². The second-order valence-corrected chi connectivity index (χ2v) is 3.84. The number of hydrogen-bond acceptors (Lipinski definition) is 2. The molecule has 2 N–H and O–H groups in total. The molecule has 1 amide bonds. The van der Waals surface area contributed by atoms with E-state index in [2.05, 4.69) is 10.6 Å². The first-order valence-electron chi connectivity index (χ1n) is 5.48. The van der Waals surface area contributed by atoms with Gasteiger partial charge in [0.05, 0.1) is 0 Å². The van der Waals surface area contributed by atoms with Gasteiger partial charge in [-0.05, 0) is 32.0 Å². The van der Waals surface area contributed by atoms with E-state index in [1.165, 1.54) is 0 Å². The van der Waals surface area contributed by atoms with E-state index >= 15 is 0 Å². The van der Waals surface area contributed by atoms with Gasteiger partial charge in [0.2, 0.25) is 0 Å². The van der Waals surface area contributed by atoms with Crippen LogP contribution in [0, 0.1) is 0 Å². The van der Waals surface area contributed by atoms with Crippen LogP contribution >= 0.6 is 0 Å². The van der Waals surface area contributed by atoms with Crippen molar-refractivity contribution >= 4 is 5.91 Å². The molecule has 0 spiro atoms. The summed E-state index contributed by atoms with van der Waals surface area (Å²) in [5.74, 6) is 0.0375. The van der Waals surface area contributed by atoms with Crippen molar-refractivity contribution in [3.63, 3.8) is 0 Å². The molecule has 0 radical (unpaired) electrons. The Kier molecular flexibility index (Phi) is 3.06. The van der Waals surface area contributed by atoms with Crippen molar-refractivity contribution in [3.8, 4) is 0 Å². The van der Waals surface area contributed by atoms with Crippen LogP contribution in [-0.4, -0.2) is 29.6 Å². The first-order chi connectivity index (χ1) is 7.31. The second kappa shape index (κ2) is 4.49. The summed E-state index contributed by atoms with van der Waals surface area (Å²) in [5.41, 5.74) is 0.754. The number of nitrogens with one attached hydrogen (secondary N) is 2. The van der Waals surface area contributed by atoms with Crippen LogP contribution in [0.3, 0.4) is 0 Å². The summed E-state index contributed by atoms with van der Waals surface area (Å²) in [7, 11) is 0. The van der Waals surface area contributed by atoms with E-state index in [1.54, 1.807) is 0 Å². The molecule has 1 aromatic heterocycles. The molecule has 1 atom stereocenters. The number of aryl methyl sites for hydroxylation is 1. The van der Waals surface area contributed by atoms with Gasteiger partial charge in [-0.1, -0.05) is 0 Å². The number of carbonyl (C=O) groups is 1. The van der Waals surface area contributed by atoms with Gasteiger partial charge in [-0.25, -0.2) is 0 Å². The van der Waals surface area contributed by atoms with Crippen LogP contribution < -0.4 is 10.6 Å². The highest BCUT2D eigenvalue weighted by molar-refractivity contribution is 5.92. The molecular formula is C11H17N3O. The van der Waals surface area contributed by atoms with Crippen LogP contribution in [0.25, 0.3) is 0 Å². The van der Waals surface area contributed by atoms with Crippen molar-refractivity contribution in [1.29, 1.82) is 0 Å². The Morgan fingerprint density at radius 2 is 2.60 bits per heavy atom. The van der Waals surface area contributed by atoms with Crippen LogP contribution in [0.15, 0.2) is 18.3 Å². The van der Waals surface area contributed by atoms with E-state index in [4.69, 9.17) is 0 Å². The predicted molar refractivity (Wildman–Crippen MR) is 58.8 cm³/mol. The highest BCUT2D eigenvalue weighted by atomic mass is 16.2. The van der Waals surface area contributed by atoms with Crippen molar-refractivity contribution in [2.75, 3.05) is 13.1 Å². The topological polar surface area (TPSA) is 46.1 Å². The van der Waals surface area contributed by atoms with Gasteiger partial charge < -0.3 is 15.2 Å². The molecule has 2 heterocycles. The highest BCUT2D eigenvalue weighted by Crippen LogP contribution is 2.04. The van der Waals surface area contributed by atoms with E-state index in [-0.39, 0.29) is 11.9 Å². The molecule has 1 aliphatic rings. The van der Waals surface area contributed by atoms with Gasteiger partial charge in [0, 0.05) is 25.3 Å². The second-order valence-electron chi connectivity index (χ2n) is 3.84. The minimum absolute atomic E-state index is 0.0375. The number of carbonyl (C=O) groups excluding carboxylic acids is 1. The van der Waals surface area contributed by atoms with Crippen molar-refractivity contribution in [3.05, 3.63) is 24.0 Å². The molecule has 82 valence electrons. The van der Waals surface area contributed by atoms with E-state index in [0.29, 0.717) is 0 Å². The van der Waals surface area contributed by atoms with Gasteiger partial charge in [0.1, 0.15) is 5.69 Å². The monoisotopic (exact) mass is 207 g/mol. The van der Waals surface area contributed by atoms with Crippen LogP contribution in [0.4, 0.5) is 0 Å². The quantitative estimate of drug-likeness (QED) is 0.762. The molecule has 0 aliphatic carbocycles. The molecule has 0 saturated carbocycles. The first-order valence-corrected chi connectivity index (χ1v) is 5.48. The third kappa shape index (κ3) is 2.21. The van der Waals surface area contributed by atoms with Gasteiger partial charge in [-0.15, -0.1) is 0 Å². The Balaban J connectivity index is 2.00. The molecule has 0 bridgehead atoms. The summed E-state index contributed by atoms with van der Waals surface area (Å²) in [4.78, 5) is 11.9. The Bertz CT molecular complexity index is 339. The van der Waals surface area contributed by atoms with Gasteiger partial charge in [-0.3, -0.25) is 4.79 Å². The lowest BCUT2D eigenvalue weighted by Crippen LogP contribution is -2.37. The number of aromatic nitrogens is 1. The smallest absolute Gasteiger partial charge is 0.268 e. The summed E-state index contributed by atoms with van der Waals surface area (Å²) in [6, 6.07) is 4.06. The van der Waals surface area contributed by atoms with Crippen molar-refractivity contribution < 1.29 is 4.79 Å². The fourth-order valence-corrected chi connectivity index (χ4v) is 1.93. The van der Waals surface area contributed by atoms with E-state index < -0.39 is 0 Å². The fourth-order valence-electron chi connectivity index (χ4n) is 1.93. The Labute approximate surface area is 89.7 Å². The minimum Gasteiger partial charge on any atom is -0.347 e. The highest BCUT2D eigenvalue weighted by Gasteiger charge is 2.18. The lowest BCUT2D eigenvalue weighted by molar-refractivity contribution is 0.0931. The van der Waals surface area contributed by atoms with Gasteiger partial charge in [0.15, 0.2) is 0 Å². The average Bonchev–Trinajstić information content (AvgIpc) is 2.86. The summed E-state index contributed by atoms with van der Waals surface area (Å²) in [6.45, 7) is 4.75. The third-order valence-electron chi connectivity index (χ3n) is 2.80. The van der Waals surface area contributed by atoms with Crippen LogP contribution in [0.2, 0.25) is 0 Å². The molecular weight excluding hydrogens is 190 g/mol. The maximum Gasteiger partial charge on any atom is 0.268 e. The molecule has 1 aliphatic heterocycles. The van der Waals surface area contributed by atoms with Crippen LogP contribution in [0.5, 0.6) is 0 Å². The maximum absolute atomic E-state index is 11.9. The molecule has 0 unspecified atom stereocenters. The lowest BCUT2D eigenvalue weighted by atomic mass is 10.2. The largest absolute Gasteiger partial charge is 0.347 e. The van der Waals surface area contributed by atoms with Gasteiger partial charge in [-0.2, -0.15) is 0 Å². The van der Waals surface area contributed by atoms with Gasteiger partial charge >= 0.3 is 0 Å². The van der Waals surface area contributed by atoms with Crippen molar-refractivity contribution in [1.82, 2.24) is 15.2 Å². The third-order valence-corrected chi connectivity index (χ3v) is 2.80. The standard InChI is InChI=1S/C11H17N3O/c1-2-14-7-3-4-10(14)11(15)13-9-5-6-12-8-9/h3-4,7,9,12H,2,5-6,8H2,1H3,(H,13,15)/t9-/m1/s1. The zero-order valence-corrected chi connectivity index (χ0v) is 8.99. The number of hydrogen-bond donors (Lipinski definition) is 2. The average molecular weight is 207 g/mol. The normalized spacial score (nSPS) is 20.5. The molecule has 1 aromatic rings. The molecule has 15 heavy (non-hydrogen) atoms. The summed E-state index contributed by atoms with van der Waals surface area (Å²) < 4.78 is 1.96. The summed E-state index contributed by atoms with van der Waals surface area (Å²) in [5, 5.41) is 6.26. The SMILES string of the molecule is CCn1cccc1C(=O)N[C@@H]1CCNC1.